The molecule has 0 spiro atoms. The Labute approximate surface area is 175 Å². The summed E-state index contributed by atoms with van der Waals surface area (Å²) >= 11 is 0. The molecule has 3 aromatic rings. The standard InChI is InChI=1S/C23H26N2O5/c1-4-13-25(14-21(26)24-18-10-6-8-12-20(18)29-3)23(27)22-17(15-28-2)16-9-5-7-11-19(16)30-22/h5-12H,4,13-15H2,1-3H3,(H,24,26). The molecule has 0 radical (unpaired) electrons. The highest BCUT2D eigenvalue weighted by Gasteiger charge is 2.26. The van der Waals surface area contributed by atoms with Crippen LogP contribution in [-0.4, -0.2) is 44.0 Å². The summed E-state index contributed by atoms with van der Waals surface area (Å²) in [5, 5.41) is 3.64. The van der Waals surface area contributed by atoms with Crippen LogP contribution in [-0.2, 0) is 16.1 Å². The lowest BCUT2D eigenvalue weighted by Gasteiger charge is -2.21. The molecule has 0 bridgehead atoms. The third-order valence-corrected chi connectivity index (χ3v) is 4.68. The molecule has 158 valence electrons. The Morgan fingerprint density at radius 1 is 1.07 bits per heavy atom. The van der Waals surface area contributed by atoms with Crippen molar-refractivity contribution >= 4 is 28.5 Å². The van der Waals surface area contributed by atoms with Crippen LogP contribution in [0.2, 0.25) is 0 Å². The van der Waals surface area contributed by atoms with Crippen LogP contribution in [0.15, 0.2) is 52.9 Å². The first-order valence-electron chi connectivity index (χ1n) is 9.80. The average molecular weight is 410 g/mol. The van der Waals surface area contributed by atoms with Gasteiger partial charge in [-0.15, -0.1) is 0 Å². The quantitative estimate of drug-likeness (QED) is 0.575. The Bertz CT molecular complexity index is 1030. The van der Waals surface area contributed by atoms with Gasteiger partial charge in [0, 0.05) is 24.6 Å². The highest BCUT2D eigenvalue weighted by atomic mass is 16.5. The molecule has 0 unspecified atom stereocenters. The van der Waals surface area contributed by atoms with Crippen LogP contribution in [0.1, 0.15) is 29.5 Å². The molecule has 0 aliphatic rings. The monoisotopic (exact) mass is 410 g/mol. The Hall–Kier alpha value is -3.32. The predicted molar refractivity (Wildman–Crippen MR) is 115 cm³/mol. The smallest absolute Gasteiger partial charge is 0.290 e. The van der Waals surface area contributed by atoms with E-state index in [1.807, 2.05) is 37.3 Å². The molecule has 30 heavy (non-hydrogen) atoms. The number of para-hydroxylation sites is 3. The molecule has 1 aromatic heterocycles. The fraction of sp³-hybridized carbons (Fsp3) is 0.304. The van der Waals surface area contributed by atoms with Gasteiger partial charge in [0.05, 0.1) is 19.4 Å². The predicted octanol–water partition coefficient (Wildman–Crippen LogP) is 4.08. The van der Waals surface area contributed by atoms with Gasteiger partial charge in [-0.25, -0.2) is 0 Å². The van der Waals surface area contributed by atoms with Gasteiger partial charge >= 0.3 is 0 Å². The van der Waals surface area contributed by atoms with E-state index in [0.717, 1.165) is 5.39 Å². The number of fused-ring (bicyclic) bond motifs is 1. The number of carbonyl (C=O) groups excluding carboxylic acids is 2. The zero-order chi connectivity index (χ0) is 21.5. The zero-order valence-electron chi connectivity index (χ0n) is 17.4. The van der Waals surface area contributed by atoms with Crippen molar-refractivity contribution in [2.24, 2.45) is 0 Å². The van der Waals surface area contributed by atoms with Crippen LogP contribution in [0.25, 0.3) is 11.0 Å². The number of anilines is 1. The number of hydrogen-bond donors (Lipinski definition) is 1. The third kappa shape index (κ3) is 4.63. The van der Waals surface area contributed by atoms with Gasteiger partial charge in [0.15, 0.2) is 5.76 Å². The first kappa shape index (κ1) is 21.4. The Morgan fingerprint density at radius 2 is 1.80 bits per heavy atom. The Morgan fingerprint density at radius 3 is 2.53 bits per heavy atom. The lowest BCUT2D eigenvalue weighted by molar-refractivity contribution is -0.116. The lowest BCUT2D eigenvalue weighted by atomic mass is 10.1. The van der Waals surface area contributed by atoms with Gasteiger partial charge in [-0.1, -0.05) is 37.3 Å². The first-order valence-corrected chi connectivity index (χ1v) is 9.80. The number of ether oxygens (including phenoxy) is 2. The summed E-state index contributed by atoms with van der Waals surface area (Å²) in [5.74, 6) is 0.108. The van der Waals surface area contributed by atoms with Gasteiger partial charge in [0.2, 0.25) is 5.91 Å². The molecule has 0 saturated heterocycles. The molecule has 3 rings (SSSR count). The van der Waals surface area contributed by atoms with Gasteiger partial charge in [0.1, 0.15) is 17.9 Å². The highest BCUT2D eigenvalue weighted by molar-refractivity contribution is 6.02. The zero-order valence-corrected chi connectivity index (χ0v) is 17.4. The number of furan rings is 1. The van der Waals surface area contributed by atoms with Gasteiger partial charge in [0.25, 0.3) is 5.91 Å². The van der Waals surface area contributed by atoms with Crippen molar-refractivity contribution < 1.29 is 23.5 Å². The molecule has 0 aliphatic heterocycles. The SMILES string of the molecule is CCCN(CC(=O)Nc1ccccc1OC)C(=O)c1oc2ccccc2c1COC. The first-order chi connectivity index (χ1) is 14.6. The molecule has 0 atom stereocenters. The van der Waals surface area contributed by atoms with Gasteiger partial charge in [-0.05, 0) is 24.6 Å². The van der Waals surface area contributed by atoms with Crippen molar-refractivity contribution in [1.29, 1.82) is 0 Å². The second-order valence-electron chi connectivity index (χ2n) is 6.81. The number of rotatable bonds is 9. The normalized spacial score (nSPS) is 10.8. The van der Waals surface area contributed by atoms with E-state index in [4.69, 9.17) is 13.9 Å². The molecule has 7 heteroatoms. The molecule has 7 nitrogen and oxygen atoms in total. The minimum absolute atomic E-state index is 0.103. The van der Waals surface area contributed by atoms with E-state index in [1.165, 1.54) is 12.0 Å². The van der Waals surface area contributed by atoms with Crippen LogP contribution in [0.5, 0.6) is 5.75 Å². The molecule has 2 aromatic carbocycles. The molecule has 2 amide bonds. The van der Waals surface area contributed by atoms with Crippen molar-refractivity contribution in [3.8, 4) is 5.75 Å². The summed E-state index contributed by atoms with van der Waals surface area (Å²) in [4.78, 5) is 27.4. The van der Waals surface area contributed by atoms with Crippen LogP contribution < -0.4 is 10.1 Å². The van der Waals surface area contributed by atoms with Crippen molar-refractivity contribution in [1.82, 2.24) is 4.90 Å². The summed E-state index contributed by atoms with van der Waals surface area (Å²) in [6.45, 7) is 2.51. The largest absolute Gasteiger partial charge is 0.495 e. The summed E-state index contributed by atoms with van der Waals surface area (Å²) in [6.07, 6.45) is 0.702. The Balaban J connectivity index is 1.84. The van der Waals surface area contributed by atoms with Crippen molar-refractivity contribution in [3.63, 3.8) is 0 Å². The van der Waals surface area contributed by atoms with E-state index in [9.17, 15) is 9.59 Å². The molecular weight excluding hydrogens is 384 g/mol. The maximum Gasteiger partial charge on any atom is 0.290 e. The average Bonchev–Trinajstić information content (AvgIpc) is 3.12. The molecular formula is C23H26N2O5. The maximum absolute atomic E-state index is 13.3. The number of amides is 2. The van der Waals surface area contributed by atoms with E-state index >= 15 is 0 Å². The molecule has 0 saturated carbocycles. The van der Waals surface area contributed by atoms with Gasteiger partial charge in [-0.3, -0.25) is 9.59 Å². The molecule has 1 heterocycles. The number of methoxy groups -OCH3 is 2. The van der Waals surface area contributed by atoms with Crippen molar-refractivity contribution in [2.45, 2.75) is 20.0 Å². The number of hydrogen-bond acceptors (Lipinski definition) is 5. The summed E-state index contributed by atoms with van der Waals surface area (Å²) in [7, 11) is 3.11. The molecule has 1 N–H and O–H groups in total. The maximum atomic E-state index is 13.3. The van der Waals surface area contributed by atoms with Crippen LogP contribution in [0, 0.1) is 0 Å². The van der Waals surface area contributed by atoms with Crippen LogP contribution in [0.4, 0.5) is 5.69 Å². The highest BCUT2D eigenvalue weighted by Crippen LogP contribution is 2.28. The van der Waals surface area contributed by atoms with Crippen molar-refractivity contribution in [3.05, 3.63) is 59.9 Å². The van der Waals surface area contributed by atoms with E-state index in [2.05, 4.69) is 5.32 Å². The third-order valence-electron chi connectivity index (χ3n) is 4.68. The minimum Gasteiger partial charge on any atom is -0.495 e. The fourth-order valence-corrected chi connectivity index (χ4v) is 3.34. The van der Waals surface area contributed by atoms with Crippen LogP contribution >= 0.6 is 0 Å². The lowest BCUT2D eigenvalue weighted by Crippen LogP contribution is -2.38. The van der Waals surface area contributed by atoms with Gasteiger partial charge in [-0.2, -0.15) is 0 Å². The van der Waals surface area contributed by atoms with E-state index < -0.39 is 0 Å². The topological polar surface area (TPSA) is 81.0 Å². The number of nitrogens with one attached hydrogen (secondary N) is 1. The molecule has 0 fully saturated rings. The summed E-state index contributed by atoms with van der Waals surface area (Å²) < 4.78 is 16.4. The molecule has 0 aliphatic carbocycles. The Kier molecular flexibility index (Phi) is 7.08. The van der Waals surface area contributed by atoms with Gasteiger partial charge < -0.3 is 24.1 Å². The van der Waals surface area contributed by atoms with Crippen molar-refractivity contribution in [2.75, 3.05) is 32.6 Å². The van der Waals surface area contributed by atoms with E-state index in [0.29, 0.717) is 35.5 Å². The second kappa shape index (κ2) is 9.93. The summed E-state index contributed by atoms with van der Waals surface area (Å²) in [5.41, 5.74) is 1.85. The van der Waals surface area contributed by atoms with Crippen LogP contribution in [0.3, 0.4) is 0 Å². The second-order valence-corrected chi connectivity index (χ2v) is 6.81. The number of carbonyl (C=O) groups is 2. The van der Waals surface area contributed by atoms with E-state index in [-0.39, 0.29) is 30.7 Å². The number of nitrogens with zero attached hydrogens (tertiary/aromatic N) is 1. The minimum atomic E-state index is -0.338. The fourth-order valence-electron chi connectivity index (χ4n) is 3.34. The number of benzene rings is 2. The van der Waals surface area contributed by atoms with E-state index in [1.54, 1.807) is 25.3 Å². The summed E-state index contributed by atoms with van der Waals surface area (Å²) in [6, 6.07) is 14.6.